The minimum atomic E-state index is -4.53. The largest absolute Gasteiger partial charge is 0.472 e. The number of rotatable bonds is 53. The summed E-state index contributed by atoms with van der Waals surface area (Å²) in [5, 5.41) is 18.4. The molecule has 0 saturated carbocycles. The number of phosphoric ester groups is 1. The lowest BCUT2D eigenvalue weighted by Gasteiger charge is -2.20. The highest BCUT2D eigenvalue weighted by atomic mass is 31.2. The first kappa shape index (κ1) is 64.4. The Morgan fingerprint density at radius 2 is 0.818 bits per heavy atom. The van der Waals surface area contributed by atoms with E-state index in [0.717, 1.165) is 57.8 Å². The normalized spacial score (nSPS) is 14.1. The van der Waals surface area contributed by atoms with Gasteiger partial charge in [-0.1, -0.05) is 223 Å². The number of hydrogen-bond donors (Lipinski definition) is 3. The van der Waals surface area contributed by atoms with E-state index in [1.165, 1.54) is 180 Å². The van der Waals surface area contributed by atoms with Crippen molar-refractivity contribution in [1.82, 2.24) is 0 Å². The zero-order valence-corrected chi connectivity index (χ0v) is 43.8. The van der Waals surface area contributed by atoms with Crippen LogP contribution in [0.25, 0.3) is 0 Å². The second-order valence-electron chi connectivity index (χ2n) is 18.6. The van der Waals surface area contributed by atoms with E-state index in [4.69, 9.17) is 23.6 Å². The zero-order valence-electron chi connectivity index (χ0n) is 42.9. The second-order valence-corrected chi connectivity index (χ2v) is 20.1. The molecule has 0 bridgehead atoms. The third kappa shape index (κ3) is 51.8. The number of carbonyl (C=O) groups excluding carboxylic acids is 1. The van der Waals surface area contributed by atoms with Gasteiger partial charge in [0.25, 0.3) is 0 Å². The van der Waals surface area contributed by atoms with Crippen LogP contribution < -0.4 is 0 Å². The maximum atomic E-state index is 12.7. The number of ether oxygens (including phenoxy) is 2. The fourth-order valence-corrected chi connectivity index (χ4v) is 8.56. The molecule has 0 radical (unpaired) electrons. The van der Waals surface area contributed by atoms with E-state index in [1.54, 1.807) is 0 Å². The Hall–Kier alpha value is -1.58. The van der Waals surface area contributed by atoms with Gasteiger partial charge in [0.05, 0.1) is 26.4 Å². The maximum absolute atomic E-state index is 12.7. The fraction of sp³-hybridized carbons (Fsp3) is 0.839. The molecule has 0 saturated heterocycles. The lowest BCUT2D eigenvalue weighted by atomic mass is 10.1. The van der Waals surface area contributed by atoms with Gasteiger partial charge >= 0.3 is 13.8 Å². The minimum absolute atomic E-state index is 0.0451. The average Bonchev–Trinajstić information content (AvgIpc) is 3.31. The van der Waals surface area contributed by atoms with Gasteiger partial charge in [0.1, 0.15) is 12.2 Å². The predicted octanol–water partition coefficient (Wildman–Crippen LogP) is 16.5. The first-order valence-electron chi connectivity index (χ1n) is 27.6. The number of hydrogen-bond acceptors (Lipinski definition) is 8. The number of phosphoric acid groups is 1. The van der Waals surface area contributed by atoms with E-state index < -0.39 is 33.2 Å². The van der Waals surface area contributed by atoms with Gasteiger partial charge in [-0.2, -0.15) is 0 Å². The van der Waals surface area contributed by atoms with Gasteiger partial charge in [0, 0.05) is 13.0 Å². The molecule has 10 heteroatoms. The average molecular weight is 953 g/mol. The van der Waals surface area contributed by atoms with E-state index in [2.05, 4.69) is 62.5 Å². The van der Waals surface area contributed by atoms with Gasteiger partial charge < -0.3 is 24.6 Å². The molecule has 0 aromatic carbocycles. The molecule has 3 atom stereocenters. The van der Waals surface area contributed by atoms with E-state index in [1.807, 2.05) is 0 Å². The van der Waals surface area contributed by atoms with Crippen LogP contribution in [0.3, 0.4) is 0 Å². The summed E-state index contributed by atoms with van der Waals surface area (Å²) >= 11 is 0. The van der Waals surface area contributed by atoms with Crippen LogP contribution >= 0.6 is 7.82 Å². The summed E-state index contributed by atoms with van der Waals surface area (Å²) in [5.41, 5.74) is 0. The number of aliphatic hydroxyl groups excluding tert-OH is 2. The summed E-state index contributed by atoms with van der Waals surface area (Å²) in [6, 6.07) is 0. The number of esters is 1. The highest BCUT2D eigenvalue weighted by molar-refractivity contribution is 7.47. The summed E-state index contributed by atoms with van der Waals surface area (Å²) < 4.78 is 33.6. The SMILES string of the molecule is CCCCCCC/C=C\C/C=C\C/C=C\CCCCCCCCCCCOCC(COP(=O)(O)OCC(O)CO)OC(=O)CCCCCCCCCCC/C=C\CCCCCCCCCC. The molecule has 0 aliphatic rings. The Morgan fingerprint density at radius 3 is 1.24 bits per heavy atom. The van der Waals surface area contributed by atoms with Crippen molar-refractivity contribution < 1.29 is 43.0 Å². The topological polar surface area (TPSA) is 132 Å². The molecule has 0 aliphatic carbocycles. The quantitative estimate of drug-likeness (QED) is 0.0236. The Labute approximate surface area is 407 Å². The summed E-state index contributed by atoms with van der Waals surface area (Å²) in [4.78, 5) is 22.7. The van der Waals surface area contributed by atoms with Crippen molar-refractivity contribution in [2.45, 2.75) is 270 Å². The van der Waals surface area contributed by atoms with Gasteiger partial charge in [-0.05, 0) is 77.0 Å². The molecule has 0 amide bonds. The van der Waals surface area contributed by atoms with Crippen LogP contribution in [0.15, 0.2) is 48.6 Å². The molecule has 3 N–H and O–H groups in total. The van der Waals surface area contributed by atoms with Crippen LogP contribution in [-0.4, -0.2) is 66.3 Å². The molecule has 3 unspecified atom stereocenters. The highest BCUT2D eigenvalue weighted by Crippen LogP contribution is 2.43. The molecular formula is C56H105O9P. The number of carbonyl (C=O) groups is 1. The third-order valence-corrected chi connectivity index (χ3v) is 12.9. The Balaban J connectivity index is 4.05. The van der Waals surface area contributed by atoms with Crippen LogP contribution in [0.5, 0.6) is 0 Å². The van der Waals surface area contributed by atoms with E-state index in [-0.39, 0.29) is 25.6 Å². The summed E-state index contributed by atoms with van der Waals surface area (Å²) in [7, 11) is -4.53. The van der Waals surface area contributed by atoms with Crippen LogP contribution in [0.4, 0.5) is 0 Å². The molecule has 388 valence electrons. The Bertz CT molecular complexity index is 1170. The number of unbranched alkanes of at least 4 members (excludes halogenated alkanes) is 31. The van der Waals surface area contributed by atoms with Crippen molar-refractivity contribution in [3.8, 4) is 0 Å². The van der Waals surface area contributed by atoms with Crippen LogP contribution in [0.2, 0.25) is 0 Å². The van der Waals surface area contributed by atoms with Gasteiger partial charge in [-0.3, -0.25) is 13.8 Å². The Morgan fingerprint density at radius 1 is 0.470 bits per heavy atom. The summed E-state index contributed by atoms with van der Waals surface area (Å²) in [5.74, 6) is -0.384. The monoisotopic (exact) mass is 953 g/mol. The summed E-state index contributed by atoms with van der Waals surface area (Å²) in [6.45, 7) is 3.53. The van der Waals surface area contributed by atoms with Gasteiger partial charge in [-0.25, -0.2) is 4.57 Å². The van der Waals surface area contributed by atoms with Crippen molar-refractivity contribution in [2.24, 2.45) is 0 Å². The van der Waals surface area contributed by atoms with Crippen LogP contribution in [-0.2, 0) is 27.9 Å². The predicted molar refractivity (Wildman–Crippen MR) is 279 cm³/mol. The smallest absolute Gasteiger partial charge is 0.457 e. The standard InChI is InChI=1S/C56H105O9P/c1-3-5-7-9-11-13-15-17-19-21-23-25-26-27-29-31-33-35-37-39-41-43-45-47-49-62-52-55(53-64-66(60,61)63-51-54(58)50-57)65-56(59)48-46-44-42-40-38-36-34-32-30-28-24-22-20-18-16-14-12-10-8-6-4-2/h15,17,21-24,26-27,54-55,57-58H,3-14,16,18-20,25,28-53H2,1-2H3,(H,60,61)/b17-15-,23-21-,24-22-,27-26-. The molecular weight excluding hydrogens is 848 g/mol. The van der Waals surface area contributed by atoms with Crippen molar-refractivity contribution >= 4 is 13.8 Å². The second kappa shape index (κ2) is 52.8. The minimum Gasteiger partial charge on any atom is -0.457 e. The zero-order chi connectivity index (χ0) is 48.1. The molecule has 0 aliphatic heterocycles. The van der Waals surface area contributed by atoms with E-state index in [9.17, 15) is 19.4 Å². The fourth-order valence-electron chi connectivity index (χ4n) is 7.77. The highest BCUT2D eigenvalue weighted by Gasteiger charge is 2.26. The van der Waals surface area contributed by atoms with Crippen LogP contribution in [0.1, 0.15) is 258 Å². The first-order chi connectivity index (χ1) is 32.3. The molecule has 0 aromatic heterocycles. The number of allylic oxidation sites excluding steroid dienone is 8. The Kier molecular flexibility index (Phi) is 51.5. The molecule has 66 heavy (non-hydrogen) atoms. The van der Waals surface area contributed by atoms with Gasteiger partial charge in [0.2, 0.25) is 0 Å². The molecule has 9 nitrogen and oxygen atoms in total. The molecule has 0 heterocycles. The molecule has 0 fully saturated rings. The maximum Gasteiger partial charge on any atom is 0.472 e. The molecule has 0 aromatic rings. The van der Waals surface area contributed by atoms with Gasteiger partial charge in [0.15, 0.2) is 0 Å². The third-order valence-electron chi connectivity index (χ3n) is 12.0. The van der Waals surface area contributed by atoms with Gasteiger partial charge in [-0.15, -0.1) is 0 Å². The van der Waals surface area contributed by atoms with Crippen molar-refractivity contribution in [3.05, 3.63) is 48.6 Å². The van der Waals surface area contributed by atoms with Crippen molar-refractivity contribution in [3.63, 3.8) is 0 Å². The lowest BCUT2D eigenvalue weighted by molar-refractivity contribution is -0.154. The van der Waals surface area contributed by atoms with E-state index >= 15 is 0 Å². The van der Waals surface area contributed by atoms with Crippen LogP contribution in [0, 0.1) is 0 Å². The first-order valence-corrected chi connectivity index (χ1v) is 29.1. The summed E-state index contributed by atoms with van der Waals surface area (Å²) in [6.07, 6.45) is 62.2. The van der Waals surface area contributed by atoms with Crippen molar-refractivity contribution in [1.29, 1.82) is 0 Å². The number of aliphatic hydroxyl groups is 2. The molecule has 0 spiro atoms. The van der Waals surface area contributed by atoms with Crippen molar-refractivity contribution in [2.75, 3.05) is 33.0 Å². The molecule has 0 rings (SSSR count). The van der Waals surface area contributed by atoms with E-state index in [0.29, 0.717) is 6.61 Å². The lowest BCUT2D eigenvalue weighted by Crippen LogP contribution is -2.29.